The summed E-state index contributed by atoms with van der Waals surface area (Å²) in [7, 11) is 0. The maximum absolute atomic E-state index is 6.05. The minimum absolute atomic E-state index is 0.557. The van der Waals surface area contributed by atoms with Crippen molar-refractivity contribution in [1.29, 1.82) is 0 Å². The maximum Gasteiger partial charge on any atom is 0.191 e. The van der Waals surface area contributed by atoms with Crippen LogP contribution in [0.5, 0.6) is 0 Å². The first-order chi connectivity index (χ1) is 13.1. The van der Waals surface area contributed by atoms with Gasteiger partial charge in [-0.15, -0.1) is 0 Å². The zero-order chi connectivity index (χ0) is 19.5. The normalized spacial score (nSPS) is 17.7. The Hall–Kier alpha value is -1.30. The topological polar surface area (TPSA) is 42.9 Å². The molecule has 1 aromatic carbocycles. The molecule has 2 rings (SSSR count). The first-order valence-corrected chi connectivity index (χ1v) is 10.7. The molecule has 152 valence electrons. The molecular weight excluding hydrogens is 358 g/mol. The first-order valence-electron chi connectivity index (χ1n) is 10.3. The van der Waals surface area contributed by atoms with Crippen molar-refractivity contribution < 1.29 is 0 Å². The van der Waals surface area contributed by atoms with E-state index in [4.69, 9.17) is 16.6 Å². The molecule has 27 heavy (non-hydrogen) atoms. The lowest BCUT2D eigenvalue weighted by molar-refractivity contribution is 0.125. The van der Waals surface area contributed by atoms with E-state index >= 15 is 0 Å². The van der Waals surface area contributed by atoms with Crippen molar-refractivity contribution in [2.45, 2.75) is 27.2 Å². The van der Waals surface area contributed by atoms with Crippen molar-refractivity contribution >= 4 is 17.6 Å². The molecule has 1 fully saturated rings. The molecule has 0 spiro atoms. The summed E-state index contributed by atoms with van der Waals surface area (Å²) < 4.78 is 0. The van der Waals surface area contributed by atoms with Crippen LogP contribution in [0.4, 0.5) is 0 Å². The van der Waals surface area contributed by atoms with Gasteiger partial charge in [0, 0.05) is 57.4 Å². The lowest BCUT2D eigenvalue weighted by Gasteiger charge is -2.35. The predicted octanol–water partition coefficient (Wildman–Crippen LogP) is 2.71. The molecule has 1 heterocycles. The second-order valence-electron chi connectivity index (χ2n) is 7.37. The third-order valence-corrected chi connectivity index (χ3v) is 5.22. The monoisotopic (exact) mass is 393 g/mol. The van der Waals surface area contributed by atoms with Crippen LogP contribution >= 0.6 is 11.6 Å². The summed E-state index contributed by atoms with van der Waals surface area (Å²) in [6.07, 6.45) is 0.933. The van der Waals surface area contributed by atoms with E-state index in [0.29, 0.717) is 5.92 Å². The molecule has 1 aromatic rings. The van der Waals surface area contributed by atoms with Crippen LogP contribution in [0.15, 0.2) is 29.3 Å². The number of piperazine rings is 1. The molecule has 0 saturated carbocycles. The first kappa shape index (κ1) is 22.0. The summed E-state index contributed by atoms with van der Waals surface area (Å²) in [4.78, 5) is 9.89. The average molecular weight is 394 g/mol. The molecule has 0 bridgehead atoms. The fourth-order valence-corrected chi connectivity index (χ4v) is 3.61. The van der Waals surface area contributed by atoms with E-state index in [1.165, 1.54) is 38.3 Å². The molecule has 1 saturated heterocycles. The van der Waals surface area contributed by atoms with E-state index in [1.54, 1.807) is 0 Å². The Bertz CT molecular complexity index is 569. The highest BCUT2D eigenvalue weighted by molar-refractivity contribution is 6.30. The van der Waals surface area contributed by atoms with E-state index in [0.717, 1.165) is 43.6 Å². The van der Waals surface area contributed by atoms with Gasteiger partial charge in [-0.1, -0.05) is 37.6 Å². The van der Waals surface area contributed by atoms with Gasteiger partial charge in [0.25, 0.3) is 0 Å². The molecule has 0 radical (unpaired) electrons. The van der Waals surface area contributed by atoms with Crippen molar-refractivity contribution in [2.75, 3.05) is 58.9 Å². The standard InChI is InChI=1S/C21H36ClN5/c1-4-23-21(24-10-9-19-7-6-8-20(22)15-19)25-16-18(3)17-27-13-11-26(5-2)12-14-27/h6-8,15,18H,4-5,9-14,16-17H2,1-3H3,(H2,23,24,25). The molecule has 5 nitrogen and oxygen atoms in total. The van der Waals surface area contributed by atoms with E-state index in [-0.39, 0.29) is 0 Å². The van der Waals surface area contributed by atoms with Gasteiger partial charge >= 0.3 is 0 Å². The van der Waals surface area contributed by atoms with Crippen molar-refractivity contribution in [3.05, 3.63) is 34.9 Å². The fraction of sp³-hybridized carbons (Fsp3) is 0.667. The lowest BCUT2D eigenvalue weighted by Crippen LogP contribution is -2.47. The van der Waals surface area contributed by atoms with Gasteiger partial charge in [-0.25, -0.2) is 0 Å². The van der Waals surface area contributed by atoms with E-state index < -0.39 is 0 Å². The van der Waals surface area contributed by atoms with Crippen LogP contribution in [0.25, 0.3) is 0 Å². The molecule has 1 aliphatic heterocycles. The highest BCUT2D eigenvalue weighted by Gasteiger charge is 2.17. The van der Waals surface area contributed by atoms with Gasteiger partial charge in [-0.05, 0) is 43.5 Å². The fourth-order valence-electron chi connectivity index (χ4n) is 3.39. The quantitative estimate of drug-likeness (QED) is 0.500. The Morgan fingerprint density at radius 1 is 1.15 bits per heavy atom. The third kappa shape index (κ3) is 8.50. The highest BCUT2D eigenvalue weighted by atomic mass is 35.5. The number of guanidine groups is 1. The van der Waals surface area contributed by atoms with Crippen LogP contribution < -0.4 is 10.6 Å². The van der Waals surface area contributed by atoms with Gasteiger partial charge in [0.15, 0.2) is 5.96 Å². The predicted molar refractivity (Wildman–Crippen MR) is 117 cm³/mol. The summed E-state index contributed by atoms with van der Waals surface area (Å²) in [5.74, 6) is 1.46. The zero-order valence-electron chi connectivity index (χ0n) is 17.2. The number of nitrogens with one attached hydrogen (secondary N) is 2. The smallest absolute Gasteiger partial charge is 0.191 e. The summed E-state index contributed by atoms with van der Waals surface area (Å²) in [6, 6.07) is 8.04. The molecule has 1 aliphatic rings. The van der Waals surface area contributed by atoms with Crippen LogP contribution in [-0.2, 0) is 6.42 Å². The van der Waals surface area contributed by atoms with E-state index in [9.17, 15) is 0 Å². The summed E-state index contributed by atoms with van der Waals surface area (Å²) in [6.45, 7) is 16.3. The van der Waals surface area contributed by atoms with E-state index in [2.05, 4.69) is 47.3 Å². The minimum atomic E-state index is 0.557. The van der Waals surface area contributed by atoms with Gasteiger partial charge < -0.3 is 20.4 Å². The molecule has 0 aromatic heterocycles. The van der Waals surface area contributed by atoms with Crippen LogP contribution in [0.2, 0.25) is 5.02 Å². The van der Waals surface area contributed by atoms with Crippen LogP contribution in [-0.4, -0.2) is 74.7 Å². The summed E-state index contributed by atoms with van der Waals surface area (Å²) in [5, 5.41) is 7.57. The van der Waals surface area contributed by atoms with Gasteiger partial charge in [-0.2, -0.15) is 0 Å². The summed E-state index contributed by atoms with van der Waals surface area (Å²) >= 11 is 6.05. The molecular formula is C21H36ClN5. The Morgan fingerprint density at radius 3 is 2.56 bits per heavy atom. The highest BCUT2D eigenvalue weighted by Crippen LogP contribution is 2.10. The zero-order valence-corrected chi connectivity index (χ0v) is 17.9. The van der Waals surface area contributed by atoms with Gasteiger partial charge in [0.1, 0.15) is 0 Å². The molecule has 6 heteroatoms. The van der Waals surface area contributed by atoms with Gasteiger partial charge in [-0.3, -0.25) is 4.99 Å². The molecule has 0 amide bonds. The molecule has 2 N–H and O–H groups in total. The number of halogens is 1. The molecule has 0 aliphatic carbocycles. The SMILES string of the molecule is CCNC(=NCC(C)CN1CCN(CC)CC1)NCCc1cccc(Cl)c1. The average Bonchev–Trinajstić information content (AvgIpc) is 2.67. The van der Waals surface area contributed by atoms with Crippen LogP contribution in [0.3, 0.4) is 0 Å². The summed E-state index contributed by atoms with van der Waals surface area (Å²) in [5.41, 5.74) is 1.24. The van der Waals surface area contributed by atoms with Crippen molar-refractivity contribution in [3.63, 3.8) is 0 Å². The van der Waals surface area contributed by atoms with Crippen molar-refractivity contribution in [2.24, 2.45) is 10.9 Å². The molecule has 1 atom stereocenters. The van der Waals surface area contributed by atoms with Crippen molar-refractivity contribution in [3.8, 4) is 0 Å². The number of likely N-dealkylation sites (N-methyl/N-ethyl adjacent to an activating group) is 1. The number of aliphatic imine (C=N–C) groups is 1. The Kier molecular flexibility index (Phi) is 9.95. The lowest BCUT2D eigenvalue weighted by atomic mass is 10.1. The third-order valence-electron chi connectivity index (χ3n) is 4.98. The maximum atomic E-state index is 6.05. The van der Waals surface area contributed by atoms with Crippen molar-refractivity contribution in [1.82, 2.24) is 20.4 Å². The largest absolute Gasteiger partial charge is 0.357 e. The van der Waals surface area contributed by atoms with Gasteiger partial charge in [0.05, 0.1) is 0 Å². The Labute approximate surface area is 170 Å². The Balaban J connectivity index is 1.73. The molecule has 1 unspecified atom stereocenters. The van der Waals surface area contributed by atoms with Crippen LogP contribution in [0.1, 0.15) is 26.3 Å². The number of benzene rings is 1. The number of hydrogen-bond donors (Lipinski definition) is 2. The second kappa shape index (κ2) is 12.2. The van der Waals surface area contributed by atoms with E-state index in [1.807, 2.05) is 18.2 Å². The number of nitrogens with zero attached hydrogens (tertiary/aromatic N) is 3. The number of hydrogen-bond acceptors (Lipinski definition) is 3. The van der Waals surface area contributed by atoms with Crippen LogP contribution in [0, 0.1) is 5.92 Å². The minimum Gasteiger partial charge on any atom is -0.357 e. The number of rotatable bonds is 9. The Morgan fingerprint density at radius 2 is 1.89 bits per heavy atom. The van der Waals surface area contributed by atoms with Gasteiger partial charge in [0.2, 0.25) is 0 Å². The second-order valence-corrected chi connectivity index (χ2v) is 7.80.